The van der Waals surface area contributed by atoms with Crippen LogP contribution in [-0.2, 0) is 0 Å². The van der Waals surface area contributed by atoms with Crippen LogP contribution in [0.5, 0.6) is 0 Å². The molecule has 1 aliphatic heterocycles. The molecule has 2 radical (unpaired) electrons. The molecule has 3 nitrogen and oxygen atoms in total. The van der Waals surface area contributed by atoms with Gasteiger partial charge in [0, 0.05) is 0 Å². The summed E-state index contributed by atoms with van der Waals surface area (Å²) < 4.78 is 73.6. The molecule has 1 rings (SSSR count). The van der Waals surface area contributed by atoms with Crippen molar-refractivity contribution < 1.29 is 31.1 Å². The van der Waals surface area contributed by atoms with Crippen LogP contribution in [0, 0.1) is 0 Å². The number of allylic oxidation sites excluding steroid dienone is 1. The lowest BCUT2D eigenvalue weighted by molar-refractivity contribution is -0.122. The van der Waals surface area contributed by atoms with E-state index in [1.165, 1.54) is 0 Å². The molecule has 0 aliphatic carbocycles. The van der Waals surface area contributed by atoms with E-state index in [0.717, 1.165) is 6.92 Å². The van der Waals surface area contributed by atoms with E-state index < -0.39 is 35.7 Å². The maximum absolute atomic E-state index is 12.3. The molecule has 0 aromatic carbocycles. The summed E-state index contributed by atoms with van der Waals surface area (Å²) in [5, 5.41) is 5.09. The van der Waals surface area contributed by atoms with Gasteiger partial charge in [-0.2, -0.15) is 31.7 Å². The molecule has 0 saturated heterocycles. The van der Waals surface area contributed by atoms with E-state index in [4.69, 9.17) is 0 Å². The molecule has 2 amide bonds. The number of hydrogen-bond donors (Lipinski definition) is 0. The Morgan fingerprint density at radius 2 is 1.56 bits per heavy atom. The van der Waals surface area contributed by atoms with Crippen molar-refractivity contribution in [2.75, 3.05) is 0 Å². The number of nitrogens with zero attached hydrogens (tertiary/aromatic N) is 2. The molecule has 1 heterocycles. The zero-order valence-electron chi connectivity index (χ0n) is 7.65. The first-order valence-corrected chi connectivity index (χ1v) is 3.88. The van der Waals surface area contributed by atoms with E-state index in [1.54, 1.807) is 0 Å². The van der Waals surface area contributed by atoms with Crippen LogP contribution in [0.4, 0.5) is 31.1 Å². The van der Waals surface area contributed by atoms with Crippen LogP contribution in [0.15, 0.2) is 11.3 Å². The first-order valence-electron chi connectivity index (χ1n) is 3.88. The Labute approximate surface area is 85.5 Å². The summed E-state index contributed by atoms with van der Waals surface area (Å²) in [6.07, 6.45) is -10.6. The van der Waals surface area contributed by atoms with Crippen LogP contribution in [0.25, 0.3) is 0 Å². The van der Waals surface area contributed by atoms with Gasteiger partial charge in [-0.3, -0.25) is 0 Å². The second-order valence-electron chi connectivity index (χ2n) is 2.96. The molecule has 0 saturated carbocycles. The average molecular weight is 246 g/mol. The van der Waals surface area contributed by atoms with Gasteiger partial charge >= 0.3 is 18.4 Å². The fourth-order valence-electron chi connectivity index (χ4n) is 1.20. The van der Waals surface area contributed by atoms with Crippen LogP contribution in [-0.4, -0.2) is 24.4 Å². The third-order valence-corrected chi connectivity index (χ3v) is 1.76. The summed E-state index contributed by atoms with van der Waals surface area (Å²) in [5.74, 6) is 0. The van der Waals surface area contributed by atoms with E-state index in [0.29, 0.717) is 0 Å². The maximum atomic E-state index is 12.3. The highest BCUT2D eigenvalue weighted by Crippen LogP contribution is 2.38. The van der Waals surface area contributed by atoms with Gasteiger partial charge in [0.2, 0.25) is 0 Å². The quantitative estimate of drug-likeness (QED) is 0.603. The van der Waals surface area contributed by atoms with Gasteiger partial charge in [0.1, 0.15) is 0 Å². The number of rotatable bonds is 0. The number of urea groups is 1. The van der Waals surface area contributed by atoms with Gasteiger partial charge < -0.3 is 0 Å². The fraction of sp³-hybridized carbons (Fsp3) is 0.571. The third-order valence-electron chi connectivity index (χ3n) is 1.76. The first kappa shape index (κ1) is 12.7. The molecule has 0 aromatic heterocycles. The number of carbonyl (C=O) groups excluding carboxylic acids is 1. The van der Waals surface area contributed by atoms with E-state index >= 15 is 0 Å². The summed E-state index contributed by atoms with van der Waals surface area (Å²) in [4.78, 5) is 10.6. The van der Waals surface area contributed by atoms with Crippen molar-refractivity contribution in [3.05, 3.63) is 11.3 Å². The number of carbonyl (C=O) groups is 1. The fourth-order valence-corrected chi connectivity index (χ4v) is 1.20. The van der Waals surface area contributed by atoms with Crippen LogP contribution in [0.3, 0.4) is 0 Å². The molecule has 1 atom stereocenters. The lowest BCUT2D eigenvalue weighted by Crippen LogP contribution is -2.46. The van der Waals surface area contributed by atoms with Crippen LogP contribution in [0.2, 0.25) is 0 Å². The van der Waals surface area contributed by atoms with Crippen molar-refractivity contribution in [2.45, 2.75) is 25.3 Å². The van der Waals surface area contributed by atoms with Crippen molar-refractivity contribution in [3.8, 4) is 0 Å². The van der Waals surface area contributed by atoms with E-state index in [-0.39, 0.29) is 0 Å². The van der Waals surface area contributed by atoms with Gasteiger partial charge in [-0.25, -0.2) is 10.1 Å². The van der Waals surface area contributed by atoms with Gasteiger partial charge in [0.05, 0.1) is 11.6 Å². The number of amides is 2. The average Bonchev–Trinajstić information content (AvgIpc) is 1.97. The SMILES string of the molecule is CC1[N]C(=O)[N]C(C(F)(F)F)=C1C(F)(F)F. The second-order valence-corrected chi connectivity index (χ2v) is 2.96. The molecule has 0 spiro atoms. The molecule has 0 fully saturated rings. The van der Waals surface area contributed by atoms with Crippen LogP contribution < -0.4 is 10.6 Å². The van der Waals surface area contributed by atoms with Crippen LogP contribution >= 0.6 is 0 Å². The zero-order valence-corrected chi connectivity index (χ0v) is 7.65. The van der Waals surface area contributed by atoms with Gasteiger partial charge in [0.15, 0.2) is 5.70 Å². The molecule has 1 aliphatic rings. The summed E-state index contributed by atoms with van der Waals surface area (Å²) in [7, 11) is 0. The van der Waals surface area contributed by atoms with Gasteiger partial charge in [0.25, 0.3) is 0 Å². The monoisotopic (exact) mass is 246 g/mol. The topological polar surface area (TPSA) is 45.3 Å². The minimum absolute atomic E-state index is 0.751. The second kappa shape index (κ2) is 3.56. The molecule has 0 bridgehead atoms. The minimum Gasteiger partial charge on any atom is -0.244 e. The van der Waals surface area contributed by atoms with Crippen molar-refractivity contribution in [1.82, 2.24) is 10.6 Å². The molecule has 90 valence electrons. The Morgan fingerprint density at radius 3 is 1.94 bits per heavy atom. The summed E-state index contributed by atoms with van der Waals surface area (Å²) in [6, 6.07) is -3.46. The number of halogens is 6. The molecule has 0 aromatic rings. The largest absolute Gasteiger partial charge is 0.433 e. The Kier molecular flexibility index (Phi) is 2.82. The lowest BCUT2D eigenvalue weighted by atomic mass is 10.0. The van der Waals surface area contributed by atoms with E-state index in [2.05, 4.69) is 10.6 Å². The molecule has 9 heteroatoms. The zero-order chi connectivity index (χ0) is 12.7. The van der Waals surface area contributed by atoms with Gasteiger partial charge in [-0.05, 0) is 6.92 Å². The van der Waals surface area contributed by atoms with Crippen molar-refractivity contribution in [3.63, 3.8) is 0 Å². The van der Waals surface area contributed by atoms with Crippen molar-refractivity contribution in [2.24, 2.45) is 0 Å². The lowest BCUT2D eigenvalue weighted by Gasteiger charge is -2.26. The molecular formula is C7H4F6N2O. The highest BCUT2D eigenvalue weighted by Gasteiger charge is 2.52. The normalized spacial score (nSPS) is 22.9. The number of alkyl halides is 6. The predicted molar refractivity (Wildman–Crippen MR) is 38.3 cm³/mol. The highest BCUT2D eigenvalue weighted by molar-refractivity contribution is 5.78. The maximum Gasteiger partial charge on any atom is 0.433 e. The first-order chi connectivity index (χ1) is 7.03. The number of hydrogen-bond acceptors (Lipinski definition) is 1. The van der Waals surface area contributed by atoms with Crippen LogP contribution in [0.1, 0.15) is 6.92 Å². The summed E-state index contributed by atoms with van der Waals surface area (Å²) in [5.41, 5.74) is -4.16. The minimum atomic E-state index is -5.33. The summed E-state index contributed by atoms with van der Waals surface area (Å²) >= 11 is 0. The summed E-state index contributed by atoms with van der Waals surface area (Å²) in [6.45, 7) is 0.751. The highest BCUT2D eigenvalue weighted by atomic mass is 19.4. The molecule has 16 heavy (non-hydrogen) atoms. The Balaban J connectivity index is 3.33. The molecule has 1 unspecified atom stereocenters. The molecule has 0 N–H and O–H groups in total. The van der Waals surface area contributed by atoms with Crippen molar-refractivity contribution in [1.29, 1.82) is 0 Å². The van der Waals surface area contributed by atoms with E-state index in [9.17, 15) is 31.1 Å². The Bertz CT molecular complexity index is 342. The Morgan fingerprint density at radius 1 is 1.06 bits per heavy atom. The van der Waals surface area contributed by atoms with Gasteiger partial charge in [-0.15, -0.1) is 0 Å². The van der Waals surface area contributed by atoms with E-state index in [1.807, 2.05) is 0 Å². The van der Waals surface area contributed by atoms with Crippen molar-refractivity contribution >= 4 is 6.03 Å². The third kappa shape index (κ3) is 2.39. The predicted octanol–water partition coefficient (Wildman–Crippen LogP) is 2.10. The smallest absolute Gasteiger partial charge is 0.244 e. The standard InChI is InChI=1S/C7H4F6N2O/c1-2-3(6(8,9)10)4(7(11,12)13)15-5(16)14-2/h2H,1H3. The van der Waals surface area contributed by atoms with Gasteiger partial charge in [-0.1, -0.05) is 0 Å². The Hall–Kier alpha value is -1.41. The molecular weight excluding hydrogens is 242 g/mol.